The second-order valence-electron chi connectivity index (χ2n) is 4.68. The molecule has 0 atom stereocenters. The van der Waals surface area contributed by atoms with E-state index in [9.17, 15) is 13.6 Å². The summed E-state index contributed by atoms with van der Waals surface area (Å²) in [6, 6.07) is 12.5. The van der Waals surface area contributed by atoms with Crippen molar-refractivity contribution >= 4 is 34.1 Å². The van der Waals surface area contributed by atoms with Gasteiger partial charge in [-0.2, -0.15) is 0 Å². The van der Waals surface area contributed by atoms with E-state index in [1.165, 1.54) is 18.2 Å². The normalized spacial score (nSPS) is 10.6. The van der Waals surface area contributed by atoms with Crippen LogP contribution in [0.15, 0.2) is 52.9 Å². The van der Waals surface area contributed by atoms with Crippen molar-refractivity contribution in [1.29, 1.82) is 0 Å². The van der Waals surface area contributed by atoms with Gasteiger partial charge in [-0.15, -0.1) is 10.2 Å². The molecule has 0 saturated carbocycles. The number of benzene rings is 2. The van der Waals surface area contributed by atoms with Gasteiger partial charge in [0.25, 0.3) is 5.91 Å². The lowest BCUT2D eigenvalue weighted by atomic mass is 10.2. The molecule has 0 aliphatic heterocycles. The molecule has 0 spiro atoms. The molecule has 0 bridgehead atoms. The lowest BCUT2D eigenvalue weighted by Crippen LogP contribution is -2.11. The number of thioether (sulfide) groups is 1. The molecule has 122 valence electrons. The van der Waals surface area contributed by atoms with E-state index in [0.29, 0.717) is 15.0 Å². The van der Waals surface area contributed by atoms with Crippen LogP contribution in [0.4, 0.5) is 13.9 Å². The summed E-state index contributed by atoms with van der Waals surface area (Å²) < 4.78 is 27.7. The van der Waals surface area contributed by atoms with Crippen LogP contribution in [0.1, 0.15) is 15.9 Å². The summed E-state index contributed by atoms with van der Waals surface area (Å²) >= 11 is 2.31. The van der Waals surface area contributed by atoms with Crippen molar-refractivity contribution in [2.75, 3.05) is 5.32 Å². The minimum absolute atomic E-state index is 0.00688. The Balaban J connectivity index is 1.63. The van der Waals surface area contributed by atoms with E-state index < -0.39 is 11.6 Å². The Kier molecular flexibility index (Phi) is 5.17. The summed E-state index contributed by atoms with van der Waals surface area (Å²) in [4.78, 5) is 12.0. The maximum Gasteiger partial charge on any atom is 0.257 e. The molecular weight excluding hydrogens is 352 g/mol. The molecule has 0 radical (unpaired) electrons. The van der Waals surface area contributed by atoms with Crippen LogP contribution in [-0.4, -0.2) is 16.1 Å². The summed E-state index contributed by atoms with van der Waals surface area (Å²) in [7, 11) is 0. The standard InChI is InChI=1S/C16H11F2N3OS2/c17-12-7-4-8-13(18)11(12)9-23-16-21-20-15(24-16)19-14(22)10-5-2-1-3-6-10/h1-8H,9H2,(H,19,20,22). The van der Waals surface area contributed by atoms with Gasteiger partial charge in [-0.1, -0.05) is 47.4 Å². The topological polar surface area (TPSA) is 54.9 Å². The molecule has 0 aliphatic rings. The number of anilines is 1. The van der Waals surface area contributed by atoms with E-state index in [0.717, 1.165) is 23.1 Å². The molecule has 4 nitrogen and oxygen atoms in total. The van der Waals surface area contributed by atoms with E-state index in [4.69, 9.17) is 0 Å². The van der Waals surface area contributed by atoms with E-state index in [1.54, 1.807) is 24.3 Å². The van der Waals surface area contributed by atoms with E-state index >= 15 is 0 Å². The minimum Gasteiger partial charge on any atom is -0.296 e. The average molecular weight is 363 g/mol. The monoisotopic (exact) mass is 363 g/mol. The van der Waals surface area contributed by atoms with Gasteiger partial charge in [-0.05, 0) is 24.3 Å². The Morgan fingerprint density at radius 1 is 1.04 bits per heavy atom. The lowest BCUT2D eigenvalue weighted by Gasteiger charge is -2.02. The first kappa shape index (κ1) is 16.5. The van der Waals surface area contributed by atoms with Crippen LogP contribution in [-0.2, 0) is 5.75 Å². The first-order chi connectivity index (χ1) is 11.6. The number of halogens is 2. The highest BCUT2D eigenvalue weighted by Gasteiger charge is 2.13. The van der Waals surface area contributed by atoms with Crippen molar-refractivity contribution in [3.63, 3.8) is 0 Å². The van der Waals surface area contributed by atoms with Crippen molar-refractivity contribution in [1.82, 2.24) is 10.2 Å². The molecular formula is C16H11F2N3OS2. The van der Waals surface area contributed by atoms with E-state index in [1.807, 2.05) is 6.07 Å². The second kappa shape index (κ2) is 7.50. The Morgan fingerprint density at radius 2 is 1.75 bits per heavy atom. The zero-order valence-electron chi connectivity index (χ0n) is 12.2. The van der Waals surface area contributed by atoms with Crippen LogP contribution < -0.4 is 5.32 Å². The van der Waals surface area contributed by atoms with Gasteiger partial charge in [0.15, 0.2) is 4.34 Å². The van der Waals surface area contributed by atoms with Crippen molar-refractivity contribution in [2.24, 2.45) is 0 Å². The van der Waals surface area contributed by atoms with Crippen LogP contribution in [0.25, 0.3) is 0 Å². The number of aromatic nitrogens is 2. The summed E-state index contributed by atoms with van der Waals surface area (Å²) in [6.07, 6.45) is 0. The largest absolute Gasteiger partial charge is 0.296 e. The Morgan fingerprint density at radius 3 is 2.46 bits per heavy atom. The van der Waals surface area contributed by atoms with Gasteiger partial charge in [0.2, 0.25) is 5.13 Å². The fourth-order valence-electron chi connectivity index (χ4n) is 1.88. The second-order valence-corrected chi connectivity index (χ2v) is 6.88. The molecule has 0 aliphatic carbocycles. The van der Waals surface area contributed by atoms with E-state index in [-0.39, 0.29) is 17.2 Å². The smallest absolute Gasteiger partial charge is 0.257 e. The first-order valence-corrected chi connectivity index (χ1v) is 8.69. The molecule has 3 aromatic rings. The fraction of sp³-hybridized carbons (Fsp3) is 0.0625. The summed E-state index contributed by atoms with van der Waals surface area (Å²) in [6.45, 7) is 0. The van der Waals surface area contributed by atoms with Crippen LogP contribution in [0.2, 0.25) is 0 Å². The van der Waals surface area contributed by atoms with Crippen molar-refractivity contribution in [2.45, 2.75) is 10.1 Å². The molecule has 3 rings (SSSR count). The number of carbonyl (C=O) groups excluding carboxylic acids is 1. The number of carbonyl (C=O) groups is 1. The van der Waals surface area contributed by atoms with Gasteiger partial charge < -0.3 is 0 Å². The highest BCUT2D eigenvalue weighted by Crippen LogP contribution is 2.30. The number of rotatable bonds is 5. The van der Waals surface area contributed by atoms with Gasteiger partial charge in [-0.25, -0.2) is 8.78 Å². The van der Waals surface area contributed by atoms with Crippen LogP contribution in [0, 0.1) is 11.6 Å². The average Bonchev–Trinajstić information content (AvgIpc) is 3.02. The summed E-state index contributed by atoms with van der Waals surface area (Å²) in [5, 5.41) is 10.8. The lowest BCUT2D eigenvalue weighted by molar-refractivity contribution is 0.102. The maximum absolute atomic E-state index is 13.6. The molecule has 0 saturated heterocycles. The van der Waals surface area contributed by atoms with E-state index in [2.05, 4.69) is 15.5 Å². The predicted octanol–water partition coefficient (Wildman–Crippen LogP) is 4.36. The SMILES string of the molecule is O=C(Nc1nnc(SCc2c(F)cccc2F)s1)c1ccccc1. The highest BCUT2D eigenvalue weighted by molar-refractivity contribution is 8.00. The quantitative estimate of drug-likeness (QED) is 0.540. The summed E-state index contributed by atoms with van der Waals surface area (Å²) in [5.74, 6) is -1.38. The van der Waals surface area contributed by atoms with Gasteiger partial charge in [0.1, 0.15) is 11.6 Å². The molecule has 0 fully saturated rings. The molecule has 2 aromatic carbocycles. The Hall–Kier alpha value is -2.32. The number of nitrogens with one attached hydrogen (secondary N) is 1. The van der Waals surface area contributed by atoms with Crippen LogP contribution in [0.3, 0.4) is 0 Å². The third-order valence-electron chi connectivity index (χ3n) is 3.06. The van der Waals surface area contributed by atoms with Gasteiger partial charge in [0.05, 0.1) is 0 Å². The third-order valence-corrected chi connectivity index (χ3v) is 5.06. The third kappa shape index (κ3) is 3.95. The molecule has 1 amide bonds. The van der Waals surface area contributed by atoms with Crippen molar-refractivity contribution < 1.29 is 13.6 Å². The number of hydrogen-bond donors (Lipinski definition) is 1. The fourth-order valence-corrected chi connectivity index (χ4v) is 3.65. The number of hydrogen-bond acceptors (Lipinski definition) is 5. The first-order valence-electron chi connectivity index (χ1n) is 6.89. The number of amides is 1. The van der Waals surface area contributed by atoms with Gasteiger partial charge in [0, 0.05) is 16.9 Å². The molecule has 1 aromatic heterocycles. The maximum atomic E-state index is 13.6. The van der Waals surface area contributed by atoms with Crippen molar-refractivity contribution in [3.05, 3.63) is 71.3 Å². The predicted molar refractivity (Wildman–Crippen MR) is 90.2 cm³/mol. The zero-order chi connectivity index (χ0) is 16.9. The van der Waals surface area contributed by atoms with Crippen LogP contribution in [0.5, 0.6) is 0 Å². The molecule has 1 heterocycles. The van der Waals surface area contributed by atoms with Crippen molar-refractivity contribution in [3.8, 4) is 0 Å². The molecule has 8 heteroatoms. The summed E-state index contributed by atoms with van der Waals surface area (Å²) in [5.41, 5.74) is 0.503. The van der Waals surface area contributed by atoms with Gasteiger partial charge >= 0.3 is 0 Å². The molecule has 24 heavy (non-hydrogen) atoms. The van der Waals surface area contributed by atoms with Gasteiger partial charge in [-0.3, -0.25) is 10.1 Å². The minimum atomic E-state index is -0.593. The van der Waals surface area contributed by atoms with Crippen LogP contribution >= 0.6 is 23.1 Å². The Bertz CT molecular complexity index is 835. The highest BCUT2D eigenvalue weighted by atomic mass is 32.2. The zero-order valence-corrected chi connectivity index (χ0v) is 13.8. The molecule has 0 unspecified atom stereocenters. The molecule has 1 N–H and O–H groups in total. The number of nitrogens with zero attached hydrogens (tertiary/aromatic N) is 2. The Labute approximate surface area is 144 Å².